The summed E-state index contributed by atoms with van der Waals surface area (Å²) < 4.78 is 4.84. The van der Waals surface area contributed by atoms with Crippen LogP contribution in [0, 0.1) is 0 Å². The van der Waals surface area contributed by atoms with Gasteiger partial charge < -0.3 is 4.74 Å². The van der Waals surface area contributed by atoms with Gasteiger partial charge >= 0.3 is 5.97 Å². The van der Waals surface area contributed by atoms with Gasteiger partial charge in [0.25, 0.3) is 0 Å². The molecule has 0 aliphatic heterocycles. The number of carbonyl (C=O) groups is 1. The Morgan fingerprint density at radius 2 is 2.29 bits per heavy atom. The van der Waals surface area contributed by atoms with Crippen LogP contribution in [0.4, 0.5) is 0 Å². The van der Waals surface area contributed by atoms with Crippen LogP contribution in [0.2, 0.25) is 5.15 Å². The highest BCUT2D eigenvalue weighted by Gasteiger charge is 2.13. The van der Waals surface area contributed by atoms with E-state index in [4.69, 9.17) is 16.3 Å². The second kappa shape index (κ2) is 5.20. The molecular formula is C10H8ClN3O2S. The van der Waals surface area contributed by atoms with Crippen LogP contribution in [-0.2, 0) is 4.74 Å². The van der Waals surface area contributed by atoms with Crippen LogP contribution in [0.5, 0.6) is 0 Å². The maximum absolute atomic E-state index is 11.4. The molecule has 2 rings (SSSR count). The summed E-state index contributed by atoms with van der Waals surface area (Å²) in [5.41, 5.74) is 0.860. The Kier molecular flexibility index (Phi) is 3.65. The van der Waals surface area contributed by atoms with Gasteiger partial charge in [0, 0.05) is 5.38 Å². The number of halogens is 1. The number of hydrogen-bond donors (Lipinski definition) is 0. The number of hydrogen-bond acceptors (Lipinski definition) is 6. The van der Waals surface area contributed by atoms with E-state index in [2.05, 4.69) is 15.2 Å². The van der Waals surface area contributed by atoms with Crippen LogP contribution < -0.4 is 0 Å². The normalized spacial score (nSPS) is 10.2. The van der Waals surface area contributed by atoms with Gasteiger partial charge in [0.2, 0.25) is 0 Å². The maximum atomic E-state index is 11.4. The minimum Gasteiger partial charge on any atom is -0.461 e. The third-order valence-corrected chi connectivity index (χ3v) is 2.91. The van der Waals surface area contributed by atoms with Gasteiger partial charge in [-0.05, 0) is 19.1 Å². The molecule has 0 saturated heterocycles. The summed E-state index contributed by atoms with van der Waals surface area (Å²) in [6.45, 7) is 2.07. The molecule has 88 valence electrons. The van der Waals surface area contributed by atoms with E-state index >= 15 is 0 Å². The first kappa shape index (κ1) is 11.9. The smallest absolute Gasteiger partial charge is 0.357 e. The molecule has 2 heterocycles. The standard InChI is InChI=1S/C10H8ClN3O2S/c1-2-16-10(15)7-5-17-9(12-7)6-3-4-8(11)14-13-6/h3-5H,2H2,1H3. The fourth-order valence-electron chi connectivity index (χ4n) is 1.12. The molecule has 0 aliphatic rings. The number of thiazole rings is 1. The Morgan fingerprint density at radius 3 is 2.94 bits per heavy atom. The minimum atomic E-state index is -0.433. The highest BCUT2D eigenvalue weighted by atomic mass is 35.5. The van der Waals surface area contributed by atoms with E-state index in [9.17, 15) is 4.79 Å². The first-order chi connectivity index (χ1) is 8.20. The SMILES string of the molecule is CCOC(=O)c1csc(-c2ccc(Cl)nn2)n1. The Bertz CT molecular complexity index is 527. The van der Waals surface area contributed by atoms with Crippen molar-refractivity contribution in [2.24, 2.45) is 0 Å². The van der Waals surface area contributed by atoms with Gasteiger partial charge in [-0.1, -0.05) is 11.6 Å². The molecule has 0 atom stereocenters. The summed E-state index contributed by atoms with van der Waals surface area (Å²) >= 11 is 6.94. The molecule has 2 aromatic heterocycles. The lowest BCUT2D eigenvalue weighted by Crippen LogP contribution is -2.04. The molecule has 0 bridgehead atoms. The van der Waals surface area contributed by atoms with Crippen molar-refractivity contribution in [3.05, 3.63) is 28.4 Å². The second-order valence-electron chi connectivity index (χ2n) is 3.00. The number of aromatic nitrogens is 3. The van der Waals surface area contributed by atoms with E-state index in [1.807, 2.05) is 0 Å². The lowest BCUT2D eigenvalue weighted by Gasteiger charge is -1.96. The molecule has 17 heavy (non-hydrogen) atoms. The van der Waals surface area contributed by atoms with Crippen molar-refractivity contribution in [1.29, 1.82) is 0 Å². The van der Waals surface area contributed by atoms with Crippen LogP contribution in [0.1, 0.15) is 17.4 Å². The third-order valence-electron chi connectivity index (χ3n) is 1.84. The van der Waals surface area contributed by atoms with E-state index in [1.165, 1.54) is 11.3 Å². The van der Waals surface area contributed by atoms with Gasteiger partial charge in [0.15, 0.2) is 10.8 Å². The van der Waals surface area contributed by atoms with Crippen LogP contribution in [-0.4, -0.2) is 27.8 Å². The molecule has 5 nitrogen and oxygen atoms in total. The topological polar surface area (TPSA) is 65.0 Å². The lowest BCUT2D eigenvalue weighted by atomic mass is 10.4. The van der Waals surface area contributed by atoms with Gasteiger partial charge in [0.1, 0.15) is 10.7 Å². The number of nitrogens with zero attached hydrogens (tertiary/aromatic N) is 3. The monoisotopic (exact) mass is 269 g/mol. The molecule has 0 fully saturated rings. The molecule has 0 unspecified atom stereocenters. The van der Waals surface area contributed by atoms with E-state index in [1.54, 1.807) is 24.4 Å². The van der Waals surface area contributed by atoms with Gasteiger partial charge in [-0.2, -0.15) is 0 Å². The fourth-order valence-corrected chi connectivity index (χ4v) is 1.97. The fraction of sp³-hybridized carbons (Fsp3) is 0.200. The molecule has 0 N–H and O–H groups in total. The van der Waals surface area contributed by atoms with Crippen molar-refractivity contribution < 1.29 is 9.53 Å². The summed E-state index contributed by atoms with van der Waals surface area (Å²) in [5.74, 6) is -0.433. The molecule has 0 amide bonds. The van der Waals surface area contributed by atoms with E-state index in [0.717, 1.165) is 0 Å². The molecule has 7 heteroatoms. The third kappa shape index (κ3) is 2.78. The zero-order valence-corrected chi connectivity index (χ0v) is 10.5. The minimum absolute atomic E-state index is 0.281. The number of esters is 1. The Balaban J connectivity index is 2.23. The van der Waals surface area contributed by atoms with Gasteiger partial charge in [-0.3, -0.25) is 0 Å². The highest BCUT2D eigenvalue weighted by molar-refractivity contribution is 7.13. The average molecular weight is 270 g/mol. The van der Waals surface area contributed by atoms with Crippen LogP contribution >= 0.6 is 22.9 Å². The Morgan fingerprint density at radius 1 is 1.47 bits per heavy atom. The van der Waals surface area contributed by atoms with Gasteiger partial charge in [-0.15, -0.1) is 21.5 Å². The zero-order chi connectivity index (χ0) is 12.3. The van der Waals surface area contributed by atoms with Gasteiger partial charge in [0.05, 0.1) is 6.61 Å². The summed E-state index contributed by atoms with van der Waals surface area (Å²) in [6.07, 6.45) is 0. The Labute approximate surface area is 106 Å². The van der Waals surface area contributed by atoms with Crippen molar-refractivity contribution in [3.63, 3.8) is 0 Å². The first-order valence-electron chi connectivity index (χ1n) is 4.83. The zero-order valence-electron chi connectivity index (χ0n) is 8.88. The first-order valence-corrected chi connectivity index (χ1v) is 6.08. The van der Waals surface area contributed by atoms with Crippen molar-refractivity contribution in [2.75, 3.05) is 6.61 Å². The van der Waals surface area contributed by atoms with Gasteiger partial charge in [-0.25, -0.2) is 9.78 Å². The molecule has 0 aliphatic carbocycles. The van der Waals surface area contributed by atoms with E-state index < -0.39 is 5.97 Å². The molecule has 0 saturated carbocycles. The van der Waals surface area contributed by atoms with E-state index in [-0.39, 0.29) is 5.69 Å². The average Bonchev–Trinajstić information content (AvgIpc) is 2.80. The van der Waals surface area contributed by atoms with Crippen molar-refractivity contribution >= 4 is 28.9 Å². The lowest BCUT2D eigenvalue weighted by molar-refractivity contribution is 0.0520. The molecular weight excluding hydrogens is 262 g/mol. The predicted octanol–water partition coefficient (Wildman–Crippen LogP) is 2.43. The largest absolute Gasteiger partial charge is 0.461 e. The highest BCUT2D eigenvalue weighted by Crippen LogP contribution is 2.22. The molecule has 0 radical (unpaired) electrons. The molecule has 2 aromatic rings. The second-order valence-corrected chi connectivity index (χ2v) is 4.25. The van der Waals surface area contributed by atoms with Crippen molar-refractivity contribution in [1.82, 2.24) is 15.2 Å². The molecule has 0 spiro atoms. The number of carbonyl (C=O) groups excluding carboxylic acids is 1. The summed E-state index contributed by atoms with van der Waals surface area (Å²) in [4.78, 5) is 15.5. The summed E-state index contributed by atoms with van der Waals surface area (Å²) in [6, 6.07) is 3.32. The molecule has 0 aromatic carbocycles. The number of rotatable bonds is 3. The maximum Gasteiger partial charge on any atom is 0.357 e. The summed E-state index contributed by atoms with van der Waals surface area (Å²) in [7, 11) is 0. The van der Waals surface area contributed by atoms with Crippen LogP contribution in [0.3, 0.4) is 0 Å². The number of ether oxygens (including phenoxy) is 1. The van der Waals surface area contributed by atoms with E-state index in [0.29, 0.717) is 22.5 Å². The predicted molar refractivity (Wildman–Crippen MR) is 64.1 cm³/mol. The Hall–Kier alpha value is -1.53. The summed E-state index contributed by atoms with van der Waals surface area (Å²) in [5, 5.41) is 10.1. The van der Waals surface area contributed by atoms with Crippen molar-refractivity contribution in [3.8, 4) is 10.7 Å². The quantitative estimate of drug-likeness (QED) is 0.801. The van der Waals surface area contributed by atoms with Crippen LogP contribution in [0.15, 0.2) is 17.5 Å². The van der Waals surface area contributed by atoms with Crippen LogP contribution in [0.25, 0.3) is 10.7 Å². The van der Waals surface area contributed by atoms with Crippen molar-refractivity contribution in [2.45, 2.75) is 6.92 Å².